The summed E-state index contributed by atoms with van der Waals surface area (Å²) in [5, 5.41) is 0. The highest BCUT2D eigenvalue weighted by Crippen LogP contribution is 2.21. The summed E-state index contributed by atoms with van der Waals surface area (Å²) in [5.74, 6) is 1.44. The van der Waals surface area contributed by atoms with Gasteiger partial charge in [-0.25, -0.2) is 0 Å². The maximum atomic E-state index is 4.07. The summed E-state index contributed by atoms with van der Waals surface area (Å²) < 4.78 is 0. The van der Waals surface area contributed by atoms with Crippen LogP contribution in [-0.2, 0) is 0 Å². The van der Waals surface area contributed by atoms with Gasteiger partial charge in [0.1, 0.15) is 0 Å². The third-order valence-corrected chi connectivity index (χ3v) is 2.22. The molecule has 1 atom stereocenters. The SMILES string of the molecule is C=C(CCC)C(C)C(C)C.CC. The quantitative estimate of drug-likeness (QED) is 0.538. The summed E-state index contributed by atoms with van der Waals surface area (Å²) in [6, 6.07) is 0. The molecule has 12 heavy (non-hydrogen) atoms. The second-order valence-corrected chi connectivity index (χ2v) is 3.44. The van der Waals surface area contributed by atoms with Gasteiger partial charge in [0.25, 0.3) is 0 Å². The van der Waals surface area contributed by atoms with Crippen molar-refractivity contribution in [2.45, 2.75) is 54.4 Å². The third-order valence-electron chi connectivity index (χ3n) is 2.22. The predicted octanol–water partition coefficient (Wildman–Crippen LogP) is 4.66. The lowest BCUT2D eigenvalue weighted by Crippen LogP contribution is -2.05. The molecular weight excluding hydrogens is 144 g/mol. The fourth-order valence-electron chi connectivity index (χ4n) is 1.02. The fourth-order valence-corrected chi connectivity index (χ4v) is 1.02. The molecule has 0 aliphatic rings. The van der Waals surface area contributed by atoms with Crippen LogP contribution in [-0.4, -0.2) is 0 Å². The number of allylic oxidation sites excluding steroid dienone is 1. The molecule has 0 fully saturated rings. The van der Waals surface area contributed by atoms with E-state index in [4.69, 9.17) is 0 Å². The van der Waals surface area contributed by atoms with Crippen molar-refractivity contribution in [2.75, 3.05) is 0 Å². The van der Waals surface area contributed by atoms with Gasteiger partial charge in [-0.1, -0.05) is 60.1 Å². The van der Waals surface area contributed by atoms with Gasteiger partial charge in [0.15, 0.2) is 0 Å². The molecule has 0 heterocycles. The molecule has 0 radical (unpaired) electrons. The number of hydrogen-bond acceptors (Lipinski definition) is 0. The van der Waals surface area contributed by atoms with E-state index in [2.05, 4.69) is 34.3 Å². The Bertz CT molecular complexity index is 101. The molecule has 0 nitrogen and oxygen atoms in total. The minimum Gasteiger partial charge on any atom is -0.0996 e. The largest absolute Gasteiger partial charge is 0.0996 e. The minimum atomic E-state index is 0.694. The summed E-state index contributed by atoms with van der Waals surface area (Å²) in [5.41, 5.74) is 1.41. The smallest absolute Gasteiger partial charge is 0.0211 e. The molecule has 0 aliphatic carbocycles. The molecule has 0 N–H and O–H groups in total. The van der Waals surface area contributed by atoms with Crippen LogP contribution in [0.25, 0.3) is 0 Å². The molecular formula is C12H26. The van der Waals surface area contributed by atoms with E-state index in [1.54, 1.807) is 0 Å². The Morgan fingerprint density at radius 3 is 1.83 bits per heavy atom. The van der Waals surface area contributed by atoms with E-state index in [9.17, 15) is 0 Å². The van der Waals surface area contributed by atoms with Gasteiger partial charge in [-0.15, -0.1) is 0 Å². The van der Waals surface area contributed by atoms with Gasteiger partial charge in [-0.3, -0.25) is 0 Å². The van der Waals surface area contributed by atoms with Gasteiger partial charge in [0.05, 0.1) is 0 Å². The van der Waals surface area contributed by atoms with Crippen LogP contribution >= 0.6 is 0 Å². The second kappa shape index (κ2) is 8.83. The van der Waals surface area contributed by atoms with Gasteiger partial charge in [-0.2, -0.15) is 0 Å². The summed E-state index contributed by atoms with van der Waals surface area (Å²) in [7, 11) is 0. The Balaban J connectivity index is 0. The number of hydrogen-bond donors (Lipinski definition) is 0. The van der Waals surface area contributed by atoms with Crippen molar-refractivity contribution in [2.24, 2.45) is 11.8 Å². The highest BCUT2D eigenvalue weighted by atomic mass is 14.1. The van der Waals surface area contributed by atoms with Gasteiger partial charge in [0, 0.05) is 0 Å². The van der Waals surface area contributed by atoms with E-state index in [0.29, 0.717) is 5.92 Å². The maximum Gasteiger partial charge on any atom is -0.0211 e. The van der Waals surface area contributed by atoms with Crippen molar-refractivity contribution in [1.82, 2.24) is 0 Å². The highest BCUT2D eigenvalue weighted by molar-refractivity contribution is 4.99. The second-order valence-electron chi connectivity index (χ2n) is 3.44. The first-order valence-electron chi connectivity index (χ1n) is 5.27. The van der Waals surface area contributed by atoms with E-state index >= 15 is 0 Å². The predicted molar refractivity (Wildman–Crippen MR) is 59.4 cm³/mol. The van der Waals surface area contributed by atoms with E-state index in [1.807, 2.05) is 13.8 Å². The average molecular weight is 170 g/mol. The Kier molecular flexibility index (Phi) is 10.5. The zero-order chi connectivity index (χ0) is 10.1. The van der Waals surface area contributed by atoms with Gasteiger partial charge in [0.2, 0.25) is 0 Å². The van der Waals surface area contributed by atoms with E-state index < -0.39 is 0 Å². The molecule has 0 aliphatic heterocycles. The van der Waals surface area contributed by atoms with Gasteiger partial charge >= 0.3 is 0 Å². The molecule has 0 bridgehead atoms. The molecule has 0 amide bonds. The van der Waals surface area contributed by atoms with Crippen LogP contribution < -0.4 is 0 Å². The molecule has 0 saturated heterocycles. The Morgan fingerprint density at radius 1 is 1.17 bits per heavy atom. The van der Waals surface area contributed by atoms with Crippen molar-refractivity contribution in [3.05, 3.63) is 12.2 Å². The summed E-state index contributed by atoms with van der Waals surface area (Å²) in [6.07, 6.45) is 2.43. The first-order valence-corrected chi connectivity index (χ1v) is 5.27. The lowest BCUT2D eigenvalue weighted by Gasteiger charge is -2.17. The zero-order valence-corrected chi connectivity index (χ0v) is 9.78. The van der Waals surface area contributed by atoms with Crippen molar-refractivity contribution < 1.29 is 0 Å². The normalized spacial score (nSPS) is 11.9. The van der Waals surface area contributed by atoms with Crippen molar-refractivity contribution >= 4 is 0 Å². The Hall–Kier alpha value is -0.260. The van der Waals surface area contributed by atoms with Crippen LogP contribution in [0.3, 0.4) is 0 Å². The molecule has 1 unspecified atom stereocenters. The molecule has 74 valence electrons. The van der Waals surface area contributed by atoms with Crippen LogP contribution in [0.1, 0.15) is 54.4 Å². The lowest BCUT2D eigenvalue weighted by molar-refractivity contribution is 0.467. The van der Waals surface area contributed by atoms with Gasteiger partial charge < -0.3 is 0 Å². The van der Waals surface area contributed by atoms with Crippen LogP contribution in [0.15, 0.2) is 12.2 Å². The van der Waals surface area contributed by atoms with Crippen LogP contribution in [0.2, 0.25) is 0 Å². The Morgan fingerprint density at radius 2 is 1.58 bits per heavy atom. The standard InChI is InChI=1S/C10H20.C2H6/c1-6-7-9(4)10(5)8(2)3;1-2/h8,10H,4,6-7H2,1-3,5H3;1-2H3. The molecule has 0 saturated carbocycles. The van der Waals surface area contributed by atoms with Crippen LogP contribution in [0, 0.1) is 11.8 Å². The van der Waals surface area contributed by atoms with Gasteiger partial charge in [-0.05, 0) is 18.3 Å². The van der Waals surface area contributed by atoms with E-state index in [-0.39, 0.29) is 0 Å². The molecule has 0 rings (SSSR count). The van der Waals surface area contributed by atoms with E-state index in [1.165, 1.54) is 18.4 Å². The maximum absolute atomic E-state index is 4.07. The topological polar surface area (TPSA) is 0 Å². The highest BCUT2D eigenvalue weighted by Gasteiger charge is 2.08. The average Bonchev–Trinajstić information content (AvgIpc) is 2.07. The molecule has 0 aromatic rings. The zero-order valence-electron chi connectivity index (χ0n) is 9.78. The van der Waals surface area contributed by atoms with Crippen molar-refractivity contribution in [3.8, 4) is 0 Å². The van der Waals surface area contributed by atoms with Crippen LogP contribution in [0.5, 0.6) is 0 Å². The van der Waals surface area contributed by atoms with Crippen molar-refractivity contribution in [3.63, 3.8) is 0 Å². The molecule has 0 aromatic carbocycles. The molecule has 0 heteroatoms. The first kappa shape index (κ1) is 14.3. The minimum absolute atomic E-state index is 0.694. The molecule has 0 spiro atoms. The third kappa shape index (κ3) is 6.45. The Labute approximate surface area is 79.1 Å². The molecule has 0 aromatic heterocycles. The fraction of sp³-hybridized carbons (Fsp3) is 0.833. The summed E-state index contributed by atoms with van der Waals surface area (Å²) in [4.78, 5) is 0. The lowest BCUT2D eigenvalue weighted by atomic mass is 9.89. The monoisotopic (exact) mass is 170 g/mol. The van der Waals surface area contributed by atoms with Crippen LogP contribution in [0.4, 0.5) is 0 Å². The summed E-state index contributed by atoms with van der Waals surface area (Å²) in [6.45, 7) is 17.0. The van der Waals surface area contributed by atoms with Crippen molar-refractivity contribution in [1.29, 1.82) is 0 Å². The summed E-state index contributed by atoms with van der Waals surface area (Å²) >= 11 is 0. The first-order chi connectivity index (χ1) is 5.59. The van der Waals surface area contributed by atoms with E-state index in [0.717, 1.165) is 5.92 Å². The number of rotatable bonds is 4.